The third-order valence-electron chi connectivity index (χ3n) is 3.85. The van der Waals surface area contributed by atoms with Gasteiger partial charge < -0.3 is 14.6 Å². The maximum absolute atomic E-state index is 8.99. The van der Waals surface area contributed by atoms with E-state index in [4.69, 9.17) is 10.00 Å². The fourth-order valence-corrected chi connectivity index (χ4v) is 2.71. The predicted molar refractivity (Wildman–Crippen MR) is 83.8 cm³/mol. The Labute approximate surface area is 127 Å². The second-order valence-corrected chi connectivity index (χ2v) is 5.28. The Kier molecular flexibility index (Phi) is 2.94. The molecule has 0 amide bonds. The fraction of sp³-hybridized carbons (Fsp3) is 0.176. The van der Waals surface area contributed by atoms with E-state index in [-0.39, 0.29) is 0 Å². The van der Waals surface area contributed by atoms with E-state index in [1.807, 2.05) is 36.4 Å². The summed E-state index contributed by atoms with van der Waals surface area (Å²) in [7, 11) is 0. The zero-order chi connectivity index (χ0) is 14.9. The first kappa shape index (κ1) is 12.7. The van der Waals surface area contributed by atoms with Crippen molar-refractivity contribution in [3.63, 3.8) is 0 Å². The Morgan fingerprint density at radius 2 is 2.14 bits per heavy atom. The zero-order valence-electron chi connectivity index (χ0n) is 11.9. The molecule has 5 heteroatoms. The van der Waals surface area contributed by atoms with Crippen LogP contribution in [0.15, 0.2) is 42.5 Å². The van der Waals surface area contributed by atoms with Gasteiger partial charge in [0.25, 0.3) is 0 Å². The lowest BCUT2D eigenvalue weighted by molar-refractivity contribution is 0.331. The van der Waals surface area contributed by atoms with E-state index >= 15 is 0 Å². The van der Waals surface area contributed by atoms with Crippen molar-refractivity contribution in [2.24, 2.45) is 0 Å². The standard InChI is InChI=1S/C17H14N4O/c18-10-12-5-6-13-11-21(7-8-22-16(13)9-12)17-19-14-3-1-2-4-15(14)20-17/h1-6,9H,7-8,11H2,(H,19,20). The highest BCUT2D eigenvalue weighted by Gasteiger charge is 2.18. The van der Waals surface area contributed by atoms with Crippen molar-refractivity contribution in [1.82, 2.24) is 9.97 Å². The van der Waals surface area contributed by atoms with E-state index in [1.54, 1.807) is 6.07 Å². The molecule has 5 nitrogen and oxygen atoms in total. The third-order valence-corrected chi connectivity index (χ3v) is 3.85. The Morgan fingerprint density at radius 1 is 1.23 bits per heavy atom. The zero-order valence-corrected chi connectivity index (χ0v) is 11.9. The van der Waals surface area contributed by atoms with Crippen LogP contribution in [0.4, 0.5) is 5.95 Å². The summed E-state index contributed by atoms with van der Waals surface area (Å²) in [6.45, 7) is 2.02. The molecular weight excluding hydrogens is 276 g/mol. The number of anilines is 1. The van der Waals surface area contributed by atoms with Crippen LogP contribution in [-0.2, 0) is 6.54 Å². The van der Waals surface area contributed by atoms with E-state index in [1.165, 1.54) is 0 Å². The molecule has 1 aliphatic heterocycles. The van der Waals surface area contributed by atoms with Gasteiger partial charge in [-0.15, -0.1) is 0 Å². The first-order chi connectivity index (χ1) is 10.8. The number of para-hydroxylation sites is 2. The Bertz CT molecular complexity index is 845. The molecular formula is C17H14N4O. The van der Waals surface area contributed by atoms with Crippen molar-refractivity contribution >= 4 is 17.0 Å². The number of nitriles is 1. The topological polar surface area (TPSA) is 64.9 Å². The van der Waals surface area contributed by atoms with Crippen LogP contribution in [0.1, 0.15) is 11.1 Å². The summed E-state index contributed by atoms with van der Waals surface area (Å²) in [5, 5.41) is 8.99. The minimum absolute atomic E-state index is 0.568. The molecule has 108 valence electrons. The Morgan fingerprint density at radius 3 is 3.00 bits per heavy atom. The number of fused-ring (bicyclic) bond motifs is 2. The second kappa shape index (κ2) is 5.08. The van der Waals surface area contributed by atoms with Crippen molar-refractivity contribution in [3.05, 3.63) is 53.6 Å². The van der Waals surface area contributed by atoms with Gasteiger partial charge in [-0.25, -0.2) is 4.98 Å². The van der Waals surface area contributed by atoms with Crippen LogP contribution in [-0.4, -0.2) is 23.1 Å². The molecule has 1 aromatic heterocycles. The molecule has 0 radical (unpaired) electrons. The maximum Gasteiger partial charge on any atom is 0.204 e. The van der Waals surface area contributed by atoms with Crippen molar-refractivity contribution in [3.8, 4) is 11.8 Å². The average molecular weight is 290 g/mol. The van der Waals surface area contributed by atoms with Gasteiger partial charge in [-0.05, 0) is 24.3 Å². The number of hydrogen-bond donors (Lipinski definition) is 1. The number of ether oxygens (including phenoxy) is 1. The SMILES string of the molecule is N#Cc1ccc2c(c1)OCCN(c1nc3ccccc3[nH]1)C2. The van der Waals surface area contributed by atoms with E-state index in [2.05, 4.69) is 20.9 Å². The number of rotatable bonds is 1. The molecule has 0 bridgehead atoms. The van der Waals surface area contributed by atoms with Gasteiger partial charge in [-0.1, -0.05) is 18.2 Å². The van der Waals surface area contributed by atoms with Gasteiger partial charge in [0.1, 0.15) is 12.4 Å². The molecule has 0 fully saturated rings. The summed E-state index contributed by atoms with van der Waals surface area (Å²) in [5.41, 5.74) is 3.68. The highest BCUT2D eigenvalue weighted by molar-refractivity contribution is 5.77. The summed E-state index contributed by atoms with van der Waals surface area (Å²) in [4.78, 5) is 10.2. The molecule has 2 aromatic carbocycles. The highest BCUT2D eigenvalue weighted by Crippen LogP contribution is 2.27. The molecule has 0 aliphatic carbocycles. The smallest absolute Gasteiger partial charge is 0.204 e. The lowest BCUT2D eigenvalue weighted by Crippen LogP contribution is -2.26. The van der Waals surface area contributed by atoms with Crippen molar-refractivity contribution < 1.29 is 4.74 Å². The minimum Gasteiger partial charge on any atom is -0.491 e. The molecule has 0 saturated carbocycles. The minimum atomic E-state index is 0.568. The molecule has 1 aliphatic rings. The lowest BCUT2D eigenvalue weighted by Gasteiger charge is -2.18. The molecule has 1 N–H and O–H groups in total. The molecule has 0 atom stereocenters. The molecule has 22 heavy (non-hydrogen) atoms. The first-order valence-corrected chi connectivity index (χ1v) is 7.19. The molecule has 3 aromatic rings. The summed E-state index contributed by atoms with van der Waals surface area (Å²) in [6.07, 6.45) is 0. The summed E-state index contributed by atoms with van der Waals surface area (Å²) in [6, 6.07) is 15.7. The fourth-order valence-electron chi connectivity index (χ4n) is 2.71. The van der Waals surface area contributed by atoms with E-state index < -0.39 is 0 Å². The second-order valence-electron chi connectivity index (χ2n) is 5.28. The van der Waals surface area contributed by atoms with Crippen molar-refractivity contribution in [1.29, 1.82) is 5.26 Å². The van der Waals surface area contributed by atoms with Crippen molar-refractivity contribution in [2.45, 2.75) is 6.54 Å². The maximum atomic E-state index is 8.99. The van der Waals surface area contributed by atoms with Crippen LogP contribution >= 0.6 is 0 Å². The summed E-state index contributed by atoms with van der Waals surface area (Å²) in [5.74, 6) is 1.64. The van der Waals surface area contributed by atoms with Crippen LogP contribution in [0.2, 0.25) is 0 Å². The largest absolute Gasteiger partial charge is 0.491 e. The molecule has 0 unspecified atom stereocenters. The summed E-state index contributed by atoms with van der Waals surface area (Å²) >= 11 is 0. The number of benzene rings is 2. The number of aromatic amines is 1. The number of H-pyrrole nitrogens is 1. The third kappa shape index (κ3) is 2.15. The monoisotopic (exact) mass is 290 g/mol. The van der Waals surface area contributed by atoms with Gasteiger partial charge in [0.05, 0.1) is 29.2 Å². The van der Waals surface area contributed by atoms with Crippen LogP contribution in [0.25, 0.3) is 11.0 Å². The number of nitrogens with zero attached hydrogens (tertiary/aromatic N) is 3. The first-order valence-electron chi connectivity index (χ1n) is 7.19. The highest BCUT2D eigenvalue weighted by atomic mass is 16.5. The molecule has 0 spiro atoms. The van der Waals surface area contributed by atoms with Gasteiger partial charge in [0, 0.05) is 12.1 Å². The Hall–Kier alpha value is -3.00. The number of imidazole rings is 1. The predicted octanol–water partition coefficient (Wildman–Crippen LogP) is 2.83. The molecule has 4 rings (SSSR count). The van der Waals surface area contributed by atoms with E-state index in [0.717, 1.165) is 34.8 Å². The summed E-state index contributed by atoms with van der Waals surface area (Å²) < 4.78 is 5.78. The number of hydrogen-bond acceptors (Lipinski definition) is 4. The van der Waals surface area contributed by atoms with Crippen LogP contribution in [0, 0.1) is 11.3 Å². The lowest BCUT2D eigenvalue weighted by atomic mass is 10.1. The quantitative estimate of drug-likeness (QED) is 0.748. The van der Waals surface area contributed by atoms with Crippen LogP contribution in [0.3, 0.4) is 0 Å². The van der Waals surface area contributed by atoms with Gasteiger partial charge in [-0.3, -0.25) is 0 Å². The Balaban J connectivity index is 1.69. The van der Waals surface area contributed by atoms with Crippen molar-refractivity contribution in [2.75, 3.05) is 18.1 Å². The van der Waals surface area contributed by atoms with Gasteiger partial charge in [0.2, 0.25) is 5.95 Å². The van der Waals surface area contributed by atoms with Gasteiger partial charge in [0.15, 0.2) is 0 Å². The van der Waals surface area contributed by atoms with Gasteiger partial charge in [-0.2, -0.15) is 5.26 Å². The molecule has 0 saturated heterocycles. The van der Waals surface area contributed by atoms with Crippen LogP contribution < -0.4 is 9.64 Å². The van der Waals surface area contributed by atoms with E-state index in [0.29, 0.717) is 18.7 Å². The number of aromatic nitrogens is 2. The van der Waals surface area contributed by atoms with Gasteiger partial charge >= 0.3 is 0 Å². The normalized spacial score (nSPS) is 14.0. The average Bonchev–Trinajstić information content (AvgIpc) is 2.87. The van der Waals surface area contributed by atoms with E-state index in [9.17, 15) is 0 Å². The van der Waals surface area contributed by atoms with Crippen LogP contribution in [0.5, 0.6) is 5.75 Å². The molecule has 2 heterocycles. The number of nitrogens with one attached hydrogen (secondary N) is 1.